The van der Waals surface area contributed by atoms with E-state index in [2.05, 4.69) is 15.4 Å². The molecule has 1 aliphatic heterocycles. The van der Waals surface area contributed by atoms with E-state index >= 15 is 0 Å². The van der Waals surface area contributed by atoms with Crippen LogP contribution in [-0.2, 0) is 6.67 Å². The van der Waals surface area contributed by atoms with Crippen molar-refractivity contribution in [2.75, 3.05) is 18.8 Å². The van der Waals surface area contributed by atoms with E-state index in [1.165, 1.54) is 10.7 Å². The van der Waals surface area contributed by atoms with E-state index in [4.69, 9.17) is 27.9 Å². The molecule has 0 amide bonds. The summed E-state index contributed by atoms with van der Waals surface area (Å²) in [4.78, 5) is 15.0. The fourth-order valence-corrected chi connectivity index (χ4v) is 4.02. The minimum Gasteiger partial charge on any atom is -0.495 e. The number of benzene rings is 2. The standard InChI is InChI=1S/C23H19Cl2N7O2/c1-34-21-11-30(14-29-13-26-32(15-29)17-5-3-2-4-6-17)23(33)10-19(21)18-9-16(24)7-8-20(18)31-12-22(25)27-28-31/h2-13H,14-15H2,1H3. The number of aromatic nitrogens is 4. The Kier molecular flexibility index (Phi) is 5.95. The normalized spacial score (nSPS) is 13.0. The minimum atomic E-state index is -0.204. The average molecular weight is 496 g/mol. The van der Waals surface area contributed by atoms with Crippen LogP contribution >= 0.6 is 23.2 Å². The van der Waals surface area contributed by atoms with Gasteiger partial charge in [-0.1, -0.05) is 46.6 Å². The monoisotopic (exact) mass is 495 g/mol. The van der Waals surface area contributed by atoms with Gasteiger partial charge in [-0.25, -0.2) is 9.69 Å². The van der Waals surface area contributed by atoms with Crippen LogP contribution in [0.15, 0.2) is 76.9 Å². The van der Waals surface area contributed by atoms with Gasteiger partial charge in [-0.3, -0.25) is 9.36 Å². The Morgan fingerprint density at radius 2 is 1.85 bits per heavy atom. The van der Waals surface area contributed by atoms with E-state index < -0.39 is 0 Å². The number of ether oxygens (including phenoxy) is 1. The maximum atomic E-state index is 13.1. The second-order valence-corrected chi connectivity index (χ2v) is 8.37. The lowest BCUT2D eigenvalue weighted by Gasteiger charge is -2.21. The number of anilines is 1. The van der Waals surface area contributed by atoms with Crippen LogP contribution in [0, 0.1) is 0 Å². The van der Waals surface area contributed by atoms with E-state index in [9.17, 15) is 4.79 Å². The molecular weight excluding hydrogens is 477 g/mol. The van der Waals surface area contributed by atoms with Crippen LogP contribution in [0.3, 0.4) is 0 Å². The second-order valence-electron chi connectivity index (χ2n) is 7.55. The first-order chi connectivity index (χ1) is 16.5. The highest BCUT2D eigenvalue weighted by Gasteiger charge is 2.19. The molecule has 2 aromatic carbocycles. The van der Waals surface area contributed by atoms with Gasteiger partial charge in [-0.05, 0) is 30.3 Å². The summed E-state index contributed by atoms with van der Waals surface area (Å²) in [5, 5.41) is 14.9. The van der Waals surface area contributed by atoms with Gasteiger partial charge in [-0.15, -0.1) is 5.10 Å². The van der Waals surface area contributed by atoms with E-state index in [1.54, 1.807) is 48.6 Å². The van der Waals surface area contributed by atoms with Crippen molar-refractivity contribution in [3.05, 3.63) is 87.5 Å². The first-order valence-electron chi connectivity index (χ1n) is 10.3. The number of nitrogens with zero attached hydrogens (tertiary/aromatic N) is 7. The molecule has 0 saturated heterocycles. The third-order valence-corrected chi connectivity index (χ3v) is 5.74. The third kappa shape index (κ3) is 4.35. The van der Waals surface area contributed by atoms with Crippen molar-refractivity contribution < 1.29 is 4.74 Å². The Morgan fingerprint density at radius 1 is 1.03 bits per heavy atom. The summed E-state index contributed by atoms with van der Waals surface area (Å²) in [5.41, 5.74) is 2.67. The summed E-state index contributed by atoms with van der Waals surface area (Å²) in [6.45, 7) is 0.829. The van der Waals surface area contributed by atoms with Crippen LogP contribution in [0.5, 0.6) is 5.75 Å². The highest BCUT2D eigenvalue weighted by molar-refractivity contribution is 6.31. The smallest absolute Gasteiger partial charge is 0.252 e. The summed E-state index contributed by atoms with van der Waals surface area (Å²) < 4.78 is 8.74. The SMILES string of the molecule is COc1cn(CN2C=NN(c3ccccc3)C2)c(=O)cc1-c1cc(Cl)ccc1-n1cc(Cl)nn1. The maximum Gasteiger partial charge on any atom is 0.252 e. The Balaban J connectivity index is 1.46. The molecular formula is C23H19Cl2N7O2. The summed E-state index contributed by atoms with van der Waals surface area (Å²) in [6, 6.07) is 16.6. The van der Waals surface area contributed by atoms with Gasteiger partial charge in [0.05, 0.1) is 30.9 Å². The highest BCUT2D eigenvalue weighted by atomic mass is 35.5. The lowest BCUT2D eigenvalue weighted by Crippen LogP contribution is -2.33. The van der Waals surface area contributed by atoms with Crippen LogP contribution in [0.4, 0.5) is 5.69 Å². The van der Waals surface area contributed by atoms with Crippen molar-refractivity contribution in [2.45, 2.75) is 6.67 Å². The zero-order chi connectivity index (χ0) is 23.7. The minimum absolute atomic E-state index is 0.204. The molecule has 2 aromatic heterocycles. The molecule has 3 heterocycles. The molecule has 5 rings (SSSR count). The maximum absolute atomic E-state index is 13.1. The summed E-state index contributed by atoms with van der Waals surface area (Å²) >= 11 is 12.2. The average Bonchev–Trinajstić information content (AvgIpc) is 3.50. The molecule has 0 fully saturated rings. The van der Waals surface area contributed by atoms with E-state index in [0.717, 1.165) is 5.69 Å². The number of hydrogen-bond acceptors (Lipinski definition) is 7. The van der Waals surface area contributed by atoms with E-state index in [-0.39, 0.29) is 10.7 Å². The van der Waals surface area contributed by atoms with E-state index in [1.807, 2.05) is 40.2 Å². The van der Waals surface area contributed by atoms with Gasteiger partial charge >= 0.3 is 0 Å². The van der Waals surface area contributed by atoms with Gasteiger partial charge in [0.1, 0.15) is 25.4 Å². The van der Waals surface area contributed by atoms with Crippen LogP contribution < -0.4 is 15.3 Å². The summed E-state index contributed by atoms with van der Waals surface area (Å²) in [7, 11) is 1.55. The molecule has 1 aliphatic rings. The van der Waals surface area contributed by atoms with Gasteiger partial charge in [0.15, 0.2) is 5.15 Å². The Hall–Kier alpha value is -3.82. The molecule has 0 N–H and O–H groups in total. The van der Waals surface area contributed by atoms with Gasteiger partial charge in [0, 0.05) is 22.2 Å². The molecule has 0 unspecified atom stereocenters. The number of rotatable bonds is 6. The Bertz CT molecular complexity index is 1420. The van der Waals surface area contributed by atoms with Gasteiger partial charge in [0.25, 0.3) is 5.56 Å². The fourth-order valence-electron chi connectivity index (χ4n) is 3.73. The Morgan fingerprint density at radius 3 is 2.59 bits per heavy atom. The van der Waals surface area contributed by atoms with Gasteiger partial charge in [-0.2, -0.15) is 5.10 Å². The number of hydrogen-bond donors (Lipinski definition) is 0. The molecule has 172 valence electrons. The van der Waals surface area contributed by atoms with Crippen LogP contribution in [0.1, 0.15) is 0 Å². The van der Waals surface area contributed by atoms with Crippen molar-refractivity contribution in [3.63, 3.8) is 0 Å². The van der Waals surface area contributed by atoms with Crippen LogP contribution in [-0.4, -0.2) is 44.6 Å². The van der Waals surface area contributed by atoms with Gasteiger partial charge < -0.3 is 9.64 Å². The van der Waals surface area contributed by atoms with Gasteiger partial charge in [0.2, 0.25) is 0 Å². The lowest BCUT2D eigenvalue weighted by molar-refractivity contribution is 0.354. The molecule has 0 atom stereocenters. The van der Waals surface area contributed by atoms with Crippen LogP contribution in [0.2, 0.25) is 10.2 Å². The van der Waals surface area contributed by atoms with Crippen molar-refractivity contribution in [1.29, 1.82) is 0 Å². The molecule has 0 saturated carbocycles. The fraction of sp³-hybridized carbons (Fsp3) is 0.130. The summed E-state index contributed by atoms with van der Waals surface area (Å²) in [6.07, 6.45) is 4.96. The first kappa shape index (κ1) is 22.0. The Labute approximate surface area is 205 Å². The molecule has 34 heavy (non-hydrogen) atoms. The first-order valence-corrected chi connectivity index (χ1v) is 11.0. The summed E-state index contributed by atoms with van der Waals surface area (Å²) in [5.74, 6) is 0.505. The third-order valence-electron chi connectivity index (χ3n) is 5.33. The predicted molar refractivity (Wildman–Crippen MR) is 132 cm³/mol. The number of hydrazone groups is 1. The van der Waals surface area contributed by atoms with Crippen molar-refractivity contribution >= 4 is 35.2 Å². The van der Waals surface area contributed by atoms with E-state index in [0.29, 0.717) is 40.9 Å². The number of halogens is 2. The molecule has 11 heteroatoms. The molecule has 0 radical (unpaired) electrons. The second kappa shape index (κ2) is 9.20. The molecule has 0 spiro atoms. The molecule has 4 aromatic rings. The van der Waals surface area contributed by atoms with Crippen molar-refractivity contribution in [3.8, 4) is 22.6 Å². The number of para-hydroxylation sites is 1. The van der Waals surface area contributed by atoms with Crippen molar-refractivity contribution in [1.82, 2.24) is 24.5 Å². The molecule has 0 aliphatic carbocycles. The predicted octanol–water partition coefficient (Wildman–Crippen LogP) is 4.09. The highest BCUT2D eigenvalue weighted by Crippen LogP contribution is 2.35. The largest absolute Gasteiger partial charge is 0.495 e. The van der Waals surface area contributed by atoms with Crippen LogP contribution in [0.25, 0.3) is 16.8 Å². The lowest BCUT2D eigenvalue weighted by atomic mass is 10.0. The number of pyridine rings is 1. The quantitative estimate of drug-likeness (QED) is 0.400. The molecule has 9 nitrogen and oxygen atoms in total. The zero-order valence-corrected chi connectivity index (χ0v) is 19.6. The molecule has 0 bridgehead atoms. The zero-order valence-electron chi connectivity index (χ0n) is 18.0. The topological polar surface area (TPSA) is 80.8 Å². The van der Waals surface area contributed by atoms with Crippen molar-refractivity contribution in [2.24, 2.45) is 5.10 Å². The number of methoxy groups -OCH3 is 1.